The van der Waals surface area contributed by atoms with Gasteiger partial charge in [-0.05, 0) is 71.8 Å². The number of nitrogen functional groups attached to an aromatic ring is 2. The molecule has 0 spiro atoms. The lowest BCUT2D eigenvalue weighted by Crippen LogP contribution is -2.41. The van der Waals surface area contributed by atoms with Gasteiger partial charge in [-0.3, -0.25) is 9.59 Å². The van der Waals surface area contributed by atoms with Crippen LogP contribution in [0.1, 0.15) is 51.1 Å². The highest BCUT2D eigenvalue weighted by molar-refractivity contribution is 14.1. The Morgan fingerprint density at radius 3 is 2.43 bits per heavy atom. The van der Waals surface area contributed by atoms with Crippen molar-refractivity contribution in [3.63, 3.8) is 0 Å². The summed E-state index contributed by atoms with van der Waals surface area (Å²) in [4.78, 5) is 55.7. The highest BCUT2D eigenvalue weighted by atomic mass is 127. The average Bonchev–Trinajstić information content (AvgIpc) is 2.98. The van der Waals surface area contributed by atoms with Gasteiger partial charge >= 0.3 is 5.97 Å². The van der Waals surface area contributed by atoms with E-state index in [0.717, 1.165) is 9.26 Å². The topological polar surface area (TPSA) is 243 Å². The molecule has 44 heavy (non-hydrogen) atoms. The van der Waals surface area contributed by atoms with Gasteiger partial charge in [0.05, 0.1) is 18.4 Å². The number of carboxylic acid groups (broad SMARTS) is 1. The molecule has 0 saturated heterocycles. The van der Waals surface area contributed by atoms with Gasteiger partial charge in [0.15, 0.2) is 23.3 Å². The third-order valence-electron chi connectivity index (χ3n) is 6.57. The van der Waals surface area contributed by atoms with Gasteiger partial charge in [0.2, 0.25) is 5.95 Å². The van der Waals surface area contributed by atoms with E-state index < -0.39 is 30.1 Å². The lowest BCUT2D eigenvalue weighted by molar-refractivity contribution is -0.139. The normalized spacial score (nSPS) is 11.8. The van der Waals surface area contributed by atoms with Crippen molar-refractivity contribution in [3.8, 4) is 0 Å². The molecule has 0 radical (unpaired) electrons. The number of rotatable bonds is 12. The highest BCUT2D eigenvalue weighted by Gasteiger charge is 2.21. The van der Waals surface area contributed by atoms with Crippen molar-refractivity contribution in [1.29, 1.82) is 0 Å². The molecule has 0 saturated carbocycles. The van der Waals surface area contributed by atoms with Gasteiger partial charge in [0, 0.05) is 39.5 Å². The van der Waals surface area contributed by atoms with Crippen LogP contribution in [0.25, 0.3) is 11.2 Å². The van der Waals surface area contributed by atoms with E-state index in [2.05, 4.69) is 30.6 Å². The molecular weight excluding hydrogens is 685 g/mol. The summed E-state index contributed by atoms with van der Waals surface area (Å²) in [6.45, 7) is 0.475. The maximum atomic E-state index is 12.8. The number of aliphatic hydroxyl groups is 2. The number of nitrogens with two attached hydrogens (primary N) is 2. The summed E-state index contributed by atoms with van der Waals surface area (Å²) in [5.74, 6) is -2.16. The Bertz CT molecular complexity index is 1690. The third kappa shape index (κ3) is 8.03. The average molecular weight is 716 g/mol. The second-order valence-electron chi connectivity index (χ2n) is 9.77. The number of carbonyl (C=O) groups is 3. The van der Waals surface area contributed by atoms with Crippen LogP contribution in [0.15, 0.2) is 48.7 Å². The van der Waals surface area contributed by atoms with Crippen LogP contribution in [-0.4, -0.2) is 72.7 Å². The molecular formula is C28H30IN9O6. The minimum Gasteiger partial charge on any atom is -0.480 e. The zero-order valence-electron chi connectivity index (χ0n) is 23.4. The first-order valence-corrected chi connectivity index (χ1v) is 14.3. The van der Waals surface area contributed by atoms with E-state index in [4.69, 9.17) is 11.5 Å². The number of aliphatic hydroxyl groups excluding tert-OH is 1. The molecule has 9 N–H and O–H groups in total. The summed E-state index contributed by atoms with van der Waals surface area (Å²) in [5.41, 5.74) is 13.9. The monoisotopic (exact) mass is 715 g/mol. The number of anilines is 3. The van der Waals surface area contributed by atoms with E-state index in [1.165, 1.54) is 12.1 Å². The molecule has 0 aliphatic heterocycles. The zero-order valence-corrected chi connectivity index (χ0v) is 25.6. The lowest BCUT2D eigenvalue weighted by atomic mass is 10.1. The molecule has 2 aromatic heterocycles. The number of hydrogen-bond acceptors (Lipinski definition) is 12. The van der Waals surface area contributed by atoms with Crippen LogP contribution >= 0.6 is 22.6 Å². The van der Waals surface area contributed by atoms with Crippen LogP contribution < -0.4 is 27.0 Å². The number of amides is 2. The van der Waals surface area contributed by atoms with Crippen LogP contribution in [0.5, 0.6) is 0 Å². The summed E-state index contributed by atoms with van der Waals surface area (Å²) in [7, 11) is 1.83. The van der Waals surface area contributed by atoms with Crippen molar-refractivity contribution < 1.29 is 29.7 Å². The van der Waals surface area contributed by atoms with Crippen molar-refractivity contribution >= 4 is 69.0 Å². The molecule has 4 aromatic rings. The maximum Gasteiger partial charge on any atom is 0.326 e. The number of fused-ring (bicyclic) bond motifs is 1. The van der Waals surface area contributed by atoms with E-state index in [9.17, 15) is 29.7 Å². The van der Waals surface area contributed by atoms with E-state index >= 15 is 0 Å². The largest absolute Gasteiger partial charge is 0.480 e. The summed E-state index contributed by atoms with van der Waals surface area (Å²) >= 11 is 2.00. The van der Waals surface area contributed by atoms with Crippen LogP contribution in [0.4, 0.5) is 17.5 Å². The molecule has 2 heterocycles. The van der Waals surface area contributed by atoms with E-state index in [-0.39, 0.29) is 47.8 Å². The first-order valence-electron chi connectivity index (χ1n) is 13.3. The number of carboxylic acids is 1. The smallest absolute Gasteiger partial charge is 0.326 e. The lowest BCUT2D eigenvalue weighted by Gasteiger charge is -2.19. The second-order valence-corrected chi connectivity index (χ2v) is 11.0. The molecule has 15 nitrogen and oxygen atoms in total. The molecule has 2 amide bonds. The number of carbonyl (C=O) groups excluding carboxylic acids is 2. The van der Waals surface area contributed by atoms with Gasteiger partial charge in [-0.2, -0.15) is 9.97 Å². The van der Waals surface area contributed by atoms with Gasteiger partial charge in [-0.15, -0.1) is 0 Å². The predicted molar refractivity (Wildman–Crippen MR) is 169 cm³/mol. The second kappa shape index (κ2) is 14.2. The molecule has 0 aliphatic rings. The Morgan fingerprint density at radius 1 is 1.02 bits per heavy atom. The molecule has 1 atom stereocenters. The molecule has 2 aromatic carbocycles. The minimum atomic E-state index is -1.82. The molecule has 4 rings (SSSR count). The van der Waals surface area contributed by atoms with Crippen LogP contribution in [-0.2, 0) is 11.3 Å². The summed E-state index contributed by atoms with van der Waals surface area (Å²) in [5, 5.41) is 33.9. The van der Waals surface area contributed by atoms with Gasteiger partial charge in [-0.25, -0.2) is 14.8 Å². The van der Waals surface area contributed by atoms with Crippen molar-refractivity contribution in [1.82, 2.24) is 30.6 Å². The number of hydrogen-bond donors (Lipinski definition) is 7. The van der Waals surface area contributed by atoms with Crippen molar-refractivity contribution in [2.75, 3.05) is 30.0 Å². The number of benzene rings is 2. The first kappa shape index (κ1) is 32.2. The van der Waals surface area contributed by atoms with E-state index in [1.807, 2.05) is 34.5 Å². The minimum absolute atomic E-state index is 0.00954. The van der Waals surface area contributed by atoms with Gasteiger partial charge < -0.3 is 42.3 Å². The quantitative estimate of drug-likeness (QED) is 0.0621. The van der Waals surface area contributed by atoms with Crippen molar-refractivity contribution in [2.45, 2.75) is 31.7 Å². The van der Waals surface area contributed by atoms with Crippen molar-refractivity contribution in [2.24, 2.45) is 0 Å². The summed E-state index contributed by atoms with van der Waals surface area (Å²) in [6, 6.07) is 10.0. The Morgan fingerprint density at radius 2 is 1.75 bits per heavy atom. The Balaban J connectivity index is 1.31. The fourth-order valence-corrected chi connectivity index (χ4v) is 4.80. The SMILES string of the molecule is CN(Cc1cnc2nc(N)nc(N)c2n1)c1ccc(C(=O)N[C@@H](CCCNC(=O)c2cc(I)ccc2C(O)O)C(=O)O)cc1. The van der Waals surface area contributed by atoms with Gasteiger partial charge in [0.25, 0.3) is 11.8 Å². The third-order valence-corrected chi connectivity index (χ3v) is 7.24. The highest BCUT2D eigenvalue weighted by Crippen LogP contribution is 2.20. The zero-order chi connectivity index (χ0) is 32.0. The van der Waals surface area contributed by atoms with E-state index in [0.29, 0.717) is 23.4 Å². The number of halogens is 1. The number of nitrogens with one attached hydrogen (secondary N) is 2. The molecule has 230 valence electrons. The summed E-state index contributed by atoms with van der Waals surface area (Å²) in [6.07, 6.45) is 0.0437. The van der Waals surface area contributed by atoms with Crippen LogP contribution in [0.3, 0.4) is 0 Å². The number of aliphatic carboxylic acids is 1. The predicted octanol–water partition coefficient (Wildman–Crippen LogP) is 1.20. The molecule has 0 fully saturated rings. The molecule has 0 unspecified atom stereocenters. The molecule has 0 aliphatic carbocycles. The number of nitrogens with zero attached hydrogens (tertiary/aromatic N) is 5. The van der Waals surface area contributed by atoms with Crippen LogP contribution in [0.2, 0.25) is 0 Å². The Hall–Kier alpha value is -4.68. The maximum absolute atomic E-state index is 12.8. The number of aromatic nitrogens is 4. The van der Waals surface area contributed by atoms with Crippen LogP contribution in [0, 0.1) is 3.57 Å². The van der Waals surface area contributed by atoms with E-state index in [1.54, 1.807) is 36.5 Å². The fraction of sp³-hybridized carbons (Fsp3) is 0.250. The van der Waals surface area contributed by atoms with Gasteiger partial charge in [-0.1, -0.05) is 6.07 Å². The molecule has 0 bridgehead atoms. The molecule has 16 heteroatoms. The Labute approximate surface area is 264 Å². The van der Waals surface area contributed by atoms with Crippen molar-refractivity contribution in [3.05, 3.63) is 74.6 Å². The Kier molecular flexibility index (Phi) is 10.4. The standard InChI is InChI=1S/C28H30IN9O6/c1-38(13-16-12-33-23-21(34-16)22(30)36-28(31)37-23)17-7-4-14(5-8-17)24(39)35-20(27(43)44)3-2-10-32-25(40)19-11-15(29)6-9-18(19)26(41)42/h4-9,11-12,20,26,41-42H,2-3,10,13H2,1H3,(H,32,40)(H,35,39)(H,43,44)(H4,30,31,33,36,37)/t20-/m0/s1. The summed E-state index contributed by atoms with van der Waals surface area (Å²) < 4.78 is 0.733. The van der Waals surface area contributed by atoms with Gasteiger partial charge in [0.1, 0.15) is 6.04 Å². The fourth-order valence-electron chi connectivity index (χ4n) is 4.31. The first-order chi connectivity index (χ1) is 20.9.